The molecule has 0 saturated carbocycles. The lowest BCUT2D eigenvalue weighted by molar-refractivity contribution is 0.0686. The molecule has 18 heavy (non-hydrogen) atoms. The topological polar surface area (TPSA) is 72.2 Å². The summed E-state index contributed by atoms with van der Waals surface area (Å²) < 4.78 is 27.0. The molecule has 0 aliphatic heterocycles. The minimum Gasteiger partial charge on any atom is -0.476 e. The fourth-order valence-electron chi connectivity index (χ4n) is 1.36. The molecule has 0 unspecified atom stereocenters. The molecule has 0 bridgehead atoms. The monoisotopic (exact) mass is 252 g/mol. The van der Waals surface area contributed by atoms with Crippen LogP contribution in [0.2, 0.25) is 0 Å². The molecule has 7 heteroatoms. The average molecular weight is 252 g/mol. The number of carbonyl (C=O) groups is 1. The number of aromatic carboxylic acids is 1. The molecule has 1 aromatic heterocycles. The van der Waals surface area contributed by atoms with E-state index in [9.17, 15) is 18.4 Å². The van der Waals surface area contributed by atoms with Crippen molar-refractivity contribution in [2.75, 3.05) is 0 Å². The molecule has 0 aliphatic carbocycles. The number of benzene rings is 1. The number of hydrogen-bond donors (Lipinski definition) is 1. The summed E-state index contributed by atoms with van der Waals surface area (Å²) in [7, 11) is 0. The van der Waals surface area contributed by atoms with E-state index in [2.05, 4.69) is 5.10 Å². The summed E-state index contributed by atoms with van der Waals surface area (Å²) in [6.45, 7) is 0. The largest absolute Gasteiger partial charge is 0.476 e. The third kappa shape index (κ3) is 2.10. The van der Waals surface area contributed by atoms with E-state index in [0.717, 1.165) is 29.1 Å². The van der Waals surface area contributed by atoms with Crippen LogP contribution in [0.15, 0.2) is 35.3 Å². The molecule has 2 aromatic rings. The van der Waals surface area contributed by atoms with Gasteiger partial charge in [0.1, 0.15) is 11.5 Å². The van der Waals surface area contributed by atoms with Crippen LogP contribution in [0.1, 0.15) is 10.5 Å². The third-order valence-electron chi connectivity index (χ3n) is 2.17. The van der Waals surface area contributed by atoms with Gasteiger partial charge in [0.25, 0.3) is 0 Å². The Hall–Kier alpha value is -2.57. The van der Waals surface area contributed by atoms with Crippen molar-refractivity contribution in [2.24, 2.45) is 0 Å². The third-order valence-corrected chi connectivity index (χ3v) is 2.17. The summed E-state index contributed by atoms with van der Waals surface area (Å²) in [5, 5.41) is 12.2. The van der Waals surface area contributed by atoms with Crippen molar-refractivity contribution in [3.8, 4) is 5.69 Å². The van der Waals surface area contributed by atoms with Crippen molar-refractivity contribution in [3.63, 3.8) is 0 Å². The summed E-state index contributed by atoms with van der Waals surface area (Å²) in [5.74, 6) is -3.20. The van der Waals surface area contributed by atoms with Crippen LogP contribution in [-0.4, -0.2) is 20.9 Å². The van der Waals surface area contributed by atoms with Gasteiger partial charge in [-0.15, -0.1) is 0 Å². The number of carboxylic acids is 1. The van der Waals surface area contributed by atoms with E-state index >= 15 is 0 Å². The molecule has 1 aromatic carbocycles. The van der Waals surface area contributed by atoms with Gasteiger partial charge in [0, 0.05) is 18.3 Å². The van der Waals surface area contributed by atoms with Gasteiger partial charge < -0.3 is 5.11 Å². The van der Waals surface area contributed by atoms with Crippen molar-refractivity contribution < 1.29 is 18.7 Å². The van der Waals surface area contributed by atoms with E-state index in [4.69, 9.17) is 5.11 Å². The normalized spacial score (nSPS) is 10.3. The second kappa shape index (κ2) is 4.36. The molecule has 0 saturated heterocycles. The number of carboxylic acid groups (broad SMARTS) is 1. The summed E-state index contributed by atoms with van der Waals surface area (Å²) >= 11 is 0. The molecular formula is C11H6F2N2O3. The molecule has 1 heterocycles. The summed E-state index contributed by atoms with van der Waals surface area (Å²) in [5.41, 5.74) is -1.68. The highest BCUT2D eigenvalue weighted by Crippen LogP contribution is 2.12. The van der Waals surface area contributed by atoms with Gasteiger partial charge in [-0.05, 0) is 12.1 Å². The van der Waals surface area contributed by atoms with Crippen molar-refractivity contribution >= 4 is 5.97 Å². The van der Waals surface area contributed by atoms with Crippen LogP contribution in [0.5, 0.6) is 0 Å². The number of hydrogen-bond acceptors (Lipinski definition) is 3. The van der Waals surface area contributed by atoms with Crippen molar-refractivity contribution in [3.05, 3.63) is 58.0 Å². The van der Waals surface area contributed by atoms with Crippen LogP contribution in [0.4, 0.5) is 8.78 Å². The lowest BCUT2D eigenvalue weighted by atomic mass is 10.3. The van der Waals surface area contributed by atoms with E-state index in [1.54, 1.807) is 0 Å². The molecule has 0 radical (unpaired) electrons. The van der Waals surface area contributed by atoms with E-state index in [1.807, 2.05) is 0 Å². The summed E-state index contributed by atoms with van der Waals surface area (Å²) in [4.78, 5) is 21.9. The maximum Gasteiger partial charge on any atom is 0.360 e. The summed E-state index contributed by atoms with van der Waals surface area (Å²) in [6, 6.07) is 3.67. The van der Waals surface area contributed by atoms with Gasteiger partial charge in [-0.1, -0.05) is 0 Å². The first-order valence-electron chi connectivity index (χ1n) is 4.78. The van der Waals surface area contributed by atoms with E-state index < -0.39 is 28.7 Å². The predicted molar refractivity (Wildman–Crippen MR) is 56.7 cm³/mol. The van der Waals surface area contributed by atoms with Gasteiger partial charge in [-0.25, -0.2) is 18.3 Å². The van der Waals surface area contributed by atoms with Gasteiger partial charge in [0.15, 0.2) is 5.82 Å². The van der Waals surface area contributed by atoms with Gasteiger partial charge >= 0.3 is 5.97 Å². The number of nitrogens with zero attached hydrogens (tertiary/aromatic N) is 2. The minimum absolute atomic E-state index is 0.154. The van der Waals surface area contributed by atoms with Crippen molar-refractivity contribution in [2.45, 2.75) is 0 Å². The maximum atomic E-state index is 13.4. The van der Waals surface area contributed by atoms with Crippen LogP contribution < -0.4 is 5.43 Å². The zero-order valence-electron chi connectivity index (χ0n) is 8.80. The number of halogens is 2. The lowest BCUT2D eigenvalue weighted by Crippen LogP contribution is -2.20. The first-order chi connectivity index (χ1) is 8.49. The molecule has 0 amide bonds. The highest BCUT2D eigenvalue weighted by atomic mass is 19.1. The highest BCUT2D eigenvalue weighted by Gasteiger charge is 2.13. The van der Waals surface area contributed by atoms with Gasteiger partial charge in [0.2, 0.25) is 11.1 Å². The predicted octanol–water partition coefficient (Wildman–Crippen LogP) is 1.21. The molecule has 0 aliphatic rings. The van der Waals surface area contributed by atoms with E-state index in [1.165, 1.54) is 0 Å². The lowest BCUT2D eigenvalue weighted by Gasteiger charge is -2.06. The second-order valence-corrected chi connectivity index (χ2v) is 3.37. The summed E-state index contributed by atoms with van der Waals surface area (Å²) in [6.07, 6.45) is 1.10. The van der Waals surface area contributed by atoms with E-state index in [-0.39, 0.29) is 5.69 Å². The first kappa shape index (κ1) is 11.9. The molecule has 0 fully saturated rings. The van der Waals surface area contributed by atoms with Gasteiger partial charge in [0.05, 0.1) is 0 Å². The standard InChI is InChI=1S/C11H6F2N2O3/c12-6-1-2-8(7(13)5-6)15-4-3-9(16)10(14-15)11(17)18/h1-5H,(H,17,18). The van der Waals surface area contributed by atoms with Crippen LogP contribution in [0.25, 0.3) is 5.69 Å². The van der Waals surface area contributed by atoms with Gasteiger partial charge in [-0.3, -0.25) is 4.79 Å². The second-order valence-electron chi connectivity index (χ2n) is 3.37. The van der Waals surface area contributed by atoms with Crippen molar-refractivity contribution in [1.82, 2.24) is 9.78 Å². The Morgan fingerprint density at radius 2 is 2.00 bits per heavy atom. The molecule has 0 spiro atoms. The quantitative estimate of drug-likeness (QED) is 0.871. The van der Waals surface area contributed by atoms with E-state index in [0.29, 0.717) is 6.07 Å². The number of rotatable bonds is 2. The Kier molecular flexibility index (Phi) is 2.88. The Labute approximate surface area is 98.9 Å². The Bertz CT molecular complexity index is 682. The SMILES string of the molecule is O=C(O)c1nn(-c2ccc(F)cc2F)ccc1=O. The zero-order valence-corrected chi connectivity index (χ0v) is 8.80. The van der Waals surface area contributed by atoms with Crippen LogP contribution in [0.3, 0.4) is 0 Å². The minimum atomic E-state index is -1.52. The average Bonchev–Trinajstić information content (AvgIpc) is 2.30. The molecule has 0 atom stereocenters. The Balaban J connectivity index is 2.61. The van der Waals surface area contributed by atoms with Crippen LogP contribution >= 0.6 is 0 Å². The molecule has 5 nitrogen and oxygen atoms in total. The molecule has 1 N–H and O–H groups in total. The fraction of sp³-hybridized carbons (Fsp3) is 0. The Morgan fingerprint density at radius 1 is 1.28 bits per heavy atom. The highest BCUT2D eigenvalue weighted by molar-refractivity contribution is 5.84. The zero-order chi connectivity index (χ0) is 13.3. The van der Waals surface area contributed by atoms with Crippen LogP contribution in [-0.2, 0) is 0 Å². The molecule has 2 rings (SSSR count). The van der Waals surface area contributed by atoms with Crippen LogP contribution in [0, 0.1) is 11.6 Å². The van der Waals surface area contributed by atoms with Crippen molar-refractivity contribution in [1.29, 1.82) is 0 Å². The maximum absolute atomic E-state index is 13.4. The fourth-order valence-corrected chi connectivity index (χ4v) is 1.36. The first-order valence-corrected chi connectivity index (χ1v) is 4.78. The molecule has 92 valence electrons. The molecular weight excluding hydrogens is 246 g/mol. The smallest absolute Gasteiger partial charge is 0.360 e. The Morgan fingerprint density at radius 3 is 2.61 bits per heavy atom. The number of aromatic nitrogens is 2. The van der Waals surface area contributed by atoms with Gasteiger partial charge in [-0.2, -0.15) is 5.10 Å².